The highest BCUT2D eigenvalue weighted by atomic mass is 19.1. The van der Waals surface area contributed by atoms with Gasteiger partial charge in [-0.1, -0.05) is 12.1 Å². The molecule has 0 atom stereocenters. The van der Waals surface area contributed by atoms with Gasteiger partial charge in [-0.15, -0.1) is 0 Å². The van der Waals surface area contributed by atoms with Crippen LogP contribution in [0.1, 0.15) is 5.69 Å². The first kappa shape index (κ1) is 15.0. The van der Waals surface area contributed by atoms with E-state index in [4.69, 9.17) is 5.26 Å². The summed E-state index contributed by atoms with van der Waals surface area (Å²) in [7, 11) is 1.81. The zero-order valence-electron chi connectivity index (χ0n) is 13.3. The number of aromatic nitrogens is 4. The largest absolute Gasteiger partial charge is 0.275 e. The summed E-state index contributed by atoms with van der Waals surface area (Å²) in [5.41, 5.74) is 3.38. The van der Waals surface area contributed by atoms with Gasteiger partial charge < -0.3 is 0 Å². The van der Waals surface area contributed by atoms with E-state index in [2.05, 4.69) is 15.1 Å². The third-order valence-corrected chi connectivity index (χ3v) is 4.01. The highest BCUT2D eigenvalue weighted by molar-refractivity contribution is 5.93. The quantitative estimate of drug-likeness (QED) is 0.562. The van der Waals surface area contributed by atoms with Crippen LogP contribution in [0.2, 0.25) is 0 Å². The Kier molecular flexibility index (Phi) is 3.47. The second kappa shape index (κ2) is 5.80. The van der Waals surface area contributed by atoms with Crippen LogP contribution in [0.5, 0.6) is 0 Å². The van der Waals surface area contributed by atoms with Gasteiger partial charge in [-0.05, 0) is 23.8 Å². The molecule has 0 N–H and O–H groups in total. The van der Waals surface area contributed by atoms with Crippen LogP contribution in [-0.4, -0.2) is 19.7 Å². The van der Waals surface area contributed by atoms with E-state index in [0.717, 1.165) is 16.5 Å². The molecular weight excluding hydrogens is 317 g/mol. The van der Waals surface area contributed by atoms with Crippen molar-refractivity contribution in [2.75, 3.05) is 0 Å². The molecule has 120 valence electrons. The molecule has 0 radical (unpaired) electrons. The fourth-order valence-electron chi connectivity index (χ4n) is 2.79. The zero-order chi connectivity index (χ0) is 17.4. The van der Waals surface area contributed by atoms with Crippen molar-refractivity contribution in [3.8, 4) is 28.3 Å². The number of rotatable bonds is 2. The van der Waals surface area contributed by atoms with E-state index in [-0.39, 0.29) is 11.5 Å². The summed E-state index contributed by atoms with van der Waals surface area (Å²) in [4.78, 5) is 8.48. The summed E-state index contributed by atoms with van der Waals surface area (Å²) in [5, 5.41) is 13.9. The Labute approximate surface area is 143 Å². The summed E-state index contributed by atoms with van der Waals surface area (Å²) in [5.74, 6) is -0.375. The van der Waals surface area contributed by atoms with Crippen LogP contribution in [0, 0.1) is 17.1 Å². The van der Waals surface area contributed by atoms with E-state index >= 15 is 0 Å². The van der Waals surface area contributed by atoms with Gasteiger partial charge >= 0.3 is 0 Å². The molecule has 3 aromatic heterocycles. The molecule has 0 aliphatic carbocycles. The van der Waals surface area contributed by atoms with Crippen molar-refractivity contribution in [3.05, 3.63) is 66.6 Å². The van der Waals surface area contributed by atoms with Gasteiger partial charge in [0.15, 0.2) is 0 Å². The summed E-state index contributed by atoms with van der Waals surface area (Å²) < 4.78 is 16.5. The minimum Gasteiger partial charge on any atom is -0.275 e. The number of nitriles is 1. The standard InChI is InChI=1S/C19H12FN5/c1-25-11-14(9-23-25)12-3-5-16(18(20)6-12)17-10-22-8-13-2-4-15(7-21)24-19(13)17/h2-6,8-11H,1H3. The third-order valence-electron chi connectivity index (χ3n) is 4.01. The average molecular weight is 329 g/mol. The summed E-state index contributed by atoms with van der Waals surface area (Å²) in [6, 6.07) is 10.4. The van der Waals surface area contributed by atoms with E-state index in [0.29, 0.717) is 16.6 Å². The van der Waals surface area contributed by atoms with Gasteiger partial charge in [0, 0.05) is 47.7 Å². The molecule has 4 aromatic rings. The predicted octanol–water partition coefficient (Wildman–Crippen LogP) is 3.71. The highest BCUT2D eigenvalue weighted by Gasteiger charge is 2.13. The molecule has 0 saturated heterocycles. The second-order valence-corrected chi connectivity index (χ2v) is 5.66. The Bertz CT molecular complexity index is 1140. The lowest BCUT2D eigenvalue weighted by molar-refractivity contribution is 0.632. The van der Waals surface area contributed by atoms with Crippen LogP contribution in [0.25, 0.3) is 33.2 Å². The monoisotopic (exact) mass is 329 g/mol. The van der Waals surface area contributed by atoms with Gasteiger partial charge in [0.05, 0.1) is 11.7 Å². The Morgan fingerprint density at radius 1 is 1.04 bits per heavy atom. The number of hydrogen-bond acceptors (Lipinski definition) is 4. The van der Waals surface area contributed by atoms with E-state index in [1.165, 1.54) is 6.07 Å². The maximum Gasteiger partial charge on any atom is 0.141 e. The lowest BCUT2D eigenvalue weighted by Crippen LogP contribution is -1.92. The maximum atomic E-state index is 14.8. The topological polar surface area (TPSA) is 67.4 Å². The first-order valence-electron chi connectivity index (χ1n) is 7.59. The summed E-state index contributed by atoms with van der Waals surface area (Å²) in [6.07, 6.45) is 6.73. The first-order chi connectivity index (χ1) is 12.2. The van der Waals surface area contributed by atoms with Crippen molar-refractivity contribution in [2.24, 2.45) is 7.05 Å². The van der Waals surface area contributed by atoms with Crippen LogP contribution in [0.4, 0.5) is 4.39 Å². The SMILES string of the molecule is Cn1cc(-c2ccc(-c3cncc4ccc(C#N)nc34)c(F)c2)cn1. The van der Waals surface area contributed by atoms with E-state index in [9.17, 15) is 4.39 Å². The van der Waals surface area contributed by atoms with Gasteiger partial charge in [0.2, 0.25) is 0 Å². The number of aryl methyl sites for hydroxylation is 1. The fourth-order valence-corrected chi connectivity index (χ4v) is 2.79. The van der Waals surface area contributed by atoms with Gasteiger partial charge in [-0.2, -0.15) is 10.4 Å². The summed E-state index contributed by atoms with van der Waals surface area (Å²) in [6.45, 7) is 0. The van der Waals surface area contributed by atoms with Crippen molar-refractivity contribution < 1.29 is 4.39 Å². The molecule has 6 heteroatoms. The Balaban J connectivity index is 1.88. The van der Waals surface area contributed by atoms with Crippen molar-refractivity contribution in [3.63, 3.8) is 0 Å². The molecular formula is C19H12FN5. The molecule has 3 heterocycles. The summed E-state index contributed by atoms with van der Waals surface area (Å²) >= 11 is 0. The fraction of sp³-hybridized carbons (Fsp3) is 0.0526. The minimum atomic E-state index is -0.375. The number of hydrogen-bond donors (Lipinski definition) is 0. The van der Waals surface area contributed by atoms with E-state index < -0.39 is 0 Å². The molecule has 0 aliphatic heterocycles. The predicted molar refractivity (Wildman–Crippen MR) is 91.8 cm³/mol. The van der Waals surface area contributed by atoms with Gasteiger partial charge in [-0.25, -0.2) is 9.37 Å². The first-order valence-corrected chi connectivity index (χ1v) is 7.59. The number of pyridine rings is 2. The lowest BCUT2D eigenvalue weighted by atomic mass is 10.0. The molecule has 0 fully saturated rings. The Morgan fingerprint density at radius 2 is 1.92 bits per heavy atom. The number of halogens is 1. The molecule has 25 heavy (non-hydrogen) atoms. The van der Waals surface area contributed by atoms with Gasteiger partial charge in [0.1, 0.15) is 17.6 Å². The van der Waals surface area contributed by atoms with Gasteiger partial charge in [0.25, 0.3) is 0 Å². The van der Waals surface area contributed by atoms with Crippen molar-refractivity contribution in [1.82, 2.24) is 19.7 Å². The molecule has 0 spiro atoms. The molecule has 5 nitrogen and oxygen atoms in total. The van der Waals surface area contributed by atoms with Gasteiger partial charge in [-0.3, -0.25) is 9.67 Å². The lowest BCUT2D eigenvalue weighted by Gasteiger charge is -2.08. The van der Waals surface area contributed by atoms with Crippen LogP contribution in [0.3, 0.4) is 0 Å². The maximum absolute atomic E-state index is 14.8. The Morgan fingerprint density at radius 3 is 2.64 bits per heavy atom. The molecule has 0 aliphatic rings. The van der Waals surface area contributed by atoms with Crippen LogP contribution in [-0.2, 0) is 7.05 Å². The zero-order valence-corrected chi connectivity index (χ0v) is 13.3. The smallest absolute Gasteiger partial charge is 0.141 e. The number of fused-ring (bicyclic) bond motifs is 1. The van der Waals surface area contributed by atoms with E-state index in [1.54, 1.807) is 41.5 Å². The van der Waals surface area contributed by atoms with Crippen LogP contribution in [0.15, 0.2) is 55.1 Å². The molecule has 1 aromatic carbocycles. The third kappa shape index (κ3) is 2.62. The Hall–Kier alpha value is -3.59. The normalized spacial score (nSPS) is 10.8. The number of nitrogens with zero attached hydrogens (tertiary/aromatic N) is 5. The van der Waals surface area contributed by atoms with Crippen molar-refractivity contribution in [2.45, 2.75) is 0 Å². The molecule has 0 amide bonds. The van der Waals surface area contributed by atoms with Crippen molar-refractivity contribution >= 4 is 10.9 Å². The average Bonchev–Trinajstić information content (AvgIpc) is 3.07. The minimum absolute atomic E-state index is 0.285. The van der Waals surface area contributed by atoms with E-state index in [1.807, 2.05) is 25.4 Å². The highest BCUT2D eigenvalue weighted by Crippen LogP contribution is 2.31. The van der Waals surface area contributed by atoms with Crippen LogP contribution >= 0.6 is 0 Å². The molecule has 0 saturated carbocycles. The molecule has 0 bridgehead atoms. The van der Waals surface area contributed by atoms with Crippen LogP contribution < -0.4 is 0 Å². The number of benzene rings is 1. The molecule has 0 unspecified atom stereocenters. The van der Waals surface area contributed by atoms with Crippen molar-refractivity contribution in [1.29, 1.82) is 5.26 Å². The molecule has 4 rings (SSSR count). The second-order valence-electron chi connectivity index (χ2n) is 5.66.